The Morgan fingerprint density at radius 3 is 1.67 bits per heavy atom. The number of ether oxygens (including phenoxy) is 1. The summed E-state index contributed by atoms with van der Waals surface area (Å²) in [7, 11) is -1.84. The molecule has 2 heterocycles. The highest BCUT2D eigenvalue weighted by molar-refractivity contribution is 8.00. The van der Waals surface area contributed by atoms with E-state index in [-0.39, 0.29) is 5.41 Å². The van der Waals surface area contributed by atoms with Crippen LogP contribution in [0.4, 0.5) is 17.1 Å². The van der Waals surface area contributed by atoms with Crippen molar-refractivity contribution in [3.63, 3.8) is 0 Å². The minimum absolute atomic E-state index is 0.171. The van der Waals surface area contributed by atoms with Crippen LogP contribution in [0.2, 0.25) is 13.1 Å². The Balaban J connectivity index is 1.03. The molecule has 0 unspecified atom stereocenters. The van der Waals surface area contributed by atoms with Crippen molar-refractivity contribution >= 4 is 47.3 Å². The van der Waals surface area contributed by atoms with Crippen LogP contribution in [0.1, 0.15) is 25.0 Å². The maximum Gasteiger partial charge on any atom is 0.139 e. The average molecular weight is 770 g/mol. The fourth-order valence-corrected chi connectivity index (χ4v) is 14.4. The van der Waals surface area contributed by atoms with Crippen LogP contribution >= 0.6 is 11.8 Å². The van der Waals surface area contributed by atoms with E-state index < -0.39 is 8.07 Å². The first kappa shape index (κ1) is 35.3. The molecule has 0 saturated carbocycles. The molecule has 0 spiro atoms. The second-order valence-corrected chi connectivity index (χ2v) is 21.5. The van der Waals surface area contributed by atoms with Crippen LogP contribution in [0.5, 0.6) is 11.5 Å². The molecule has 2 aliphatic rings. The minimum Gasteiger partial charge on any atom is -0.456 e. The Kier molecular flexibility index (Phi) is 8.58. The van der Waals surface area contributed by atoms with Crippen LogP contribution in [-0.4, -0.2) is 8.07 Å². The molecule has 8 aromatic rings. The van der Waals surface area contributed by atoms with Crippen LogP contribution in [0.25, 0.3) is 33.4 Å². The molecule has 0 N–H and O–H groups in total. The highest BCUT2D eigenvalue weighted by Crippen LogP contribution is 2.51. The van der Waals surface area contributed by atoms with Gasteiger partial charge < -0.3 is 9.64 Å². The van der Waals surface area contributed by atoms with Crippen molar-refractivity contribution in [3.05, 3.63) is 199 Å². The number of para-hydroxylation sites is 2. The Bertz CT molecular complexity index is 2620. The number of nitrogens with zero attached hydrogens (tertiary/aromatic N) is 1. The monoisotopic (exact) mass is 769 g/mol. The van der Waals surface area contributed by atoms with Gasteiger partial charge >= 0.3 is 0 Å². The van der Waals surface area contributed by atoms with E-state index in [1.165, 1.54) is 53.5 Å². The zero-order valence-corrected chi connectivity index (χ0v) is 34.5. The topological polar surface area (TPSA) is 12.5 Å². The van der Waals surface area contributed by atoms with E-state index in [1.54, 1.807) is 0 Å². The summed E-state index contributed by atoms with van der Waals surface area (Å²) in [5.74, 6) is 1.87. The van der Waals surface area contributed by atoms with E-state index in [1.807, 2.05) is 11.8 Å². The van der Waals surface area contributed by atoms with Crippen molar-refractivity contribution in [1.82, 2.24) is 0 Å². The molecule has 57 heavy (non-hydrogen) atoms. The van der Waals surface area contributed by atoms with Crippen LogP contribution in [0.3, 0.4) is 0 Å². The first-order valence-corrected chi connectivity index (χ1v) is 23.6. The third-order valence-corrected chi connectivity index (χ3v) is 17.2. The molecule has 0 radical (unpaired) electrons. The van der Waals surface area contributed by atoms with Gasteiger partial charge in [0, 0.05) is 49.0 Å². The summed E-state index contributed by atoms with van der Waals surface area (Å²) in [5, 5.41) is 3.05. The number of rotatable bonds is 6. The molecule has 0 bridgehead atoms. The van der Waals surface area contributed by atoms with Crippen molar-refractivity contribution in [1.29, 1.82) is 0 Å². The SMILES string of the molecule is CC1(C)c2ccccc2Oc2c(-c3ccc(N(c4ccc(-c5ccccc5)cc4)c4ccc(-c5cccc6c5Sc5ccccc5[Si]6(C)C)cc4)cc3)cccc21. The largest absolute Gasteiger partial charge is 0.456 e. The predicted octanol–water partition coefficient (Wildman–Crippen LogP) is 13.9. The number of hydrogen-bond donors (Lipinski definition) is 0. The molecule has 2 nitrogen and oxygen atoms in total. The molecular weight excluding hydrogens is 727 g/mol. The summed E-state index contributed by atoms with van der Waals surface area (Å²) in [5.41, 5.74) is 12.7. The number of hydrogen-bond acceptors (Lipinski definition) is 3. The Morgan fingerprint density at radius 2 is 0.965 bits per heavy atom. The quantitative estimate of drug-likeness (QED) is 0.156. The molecule has 0 amide bonds. The third-order valence-electron chi connectivity index (χ3n) is 12.0. The van der Waals surface area contributed by atoms with Gasteiger partial charge in [-0.3, -0.25) is 0 Å². The first-order chi connectivity index (χ1) is 27.8. The van der Waals surface area contributed by atoms with Gasteiger partial charge in [-0.25, -0.2) is 0 Å². The van der Waals surface area contributed by atoms with Crippen molar-refractivity contribution in [2.45, 2.75) is 42.1 Å². The Hall–Kier alpha value is -6.07. The minimum atomic E-state index is -1.84. The standard InChI is InChI=1S/C53H43NOSSi/c1-53(2)45-18-8-9-20-47(45)55-51-43(16-12-19-46(51)53)38-26-32-41(33-27-38)54(40-30-24-37(25-31-40)36-14-6-5-7-15-36)42-34-28-39(29-35-42)44-17-13-23-50-52(44)56-48-21-10-11-22-49(48)57(50,3)4/h5-35H,1-4H3. The maximum atomic E-state index is 6.66. The molecule has 276 valence electrons. The van der Waals surface area contributed by atoms with Crippen LogP contribution in [0, 0.1) is 0 Å². The second kappa shape index (κ2) is 13.8. The second-order valence-electron chi connectivity index (χ2n) is 16.2. The summed E-state index contributed by atoms with van der Waals surface area (Å²) in [6.07, 6.45) is 0. The molecule has 4 heteroatoms. The van der Waals surface area contributed by atoms with Crippen LogP contribution in [-0.2, 0) is 5.41 Å². The fourth-order valence-electron chi connectivity index (χ4n) is 8.85. The van der Waals surface area contributed by atoms with Gasteiger partial charge in [-0.2, -0.15) is 0 Å². The van der Waals surface area contributed by atoms with Crippen LogP contribution < -0.4 is 20.0 Å². The summed E-state index contributed by atoms with van der Waals surface area (Å²) in [6, 6.07) is 68.5. The van der Waals surface area contributed by atoms with Crippen molar-refractivity contribution in [2.75, 3.05) is 4.90 Å². The lowest BCUT2D eigenvalue weighted by molar-refractivity contribution is 0.419. The molecule has 8 aromatic carbocycles. The van der Waals surface area contributed by atoms with Gasteiger partial charge in [0.25, 0.3) is 0 Å². The van der Waals surface area contributed by atoms with Crippen molar-refractivity contribution in [2.24, 2.45) is 0 Å². The van der Waals surface area contributed by atoms with Gasteiger partial charge in [0.15, 0.2) is 0 Å². The maximum absolute atomic E-state index is 6.66. The summed E-state index contributed by atoms with van der Waals surface area (Å²) in [6.45, 7) is 9.56. The molecule has 10 rings (SSSR count). The lowest BCUT2D eigenvalue weighted by Crippen LogP contribution is -2.56. The molecule has 0 fully saturated rings. The molecule has 0 aliphatic carbocycles. The van der Waals surface area contributed by atoms with E-state index in [4.69, 9.17) is 4.74 Å². The summed E-state index contributed by atoms with van der Waals surface area (Å²) >= 11 is 1.93. The van der Waals surface area contributed by atoms with Crippen LogP contribution in [0.15, 0.2) is 198 Å². The number of benzene rings is 8. The van der Waals surface area contributed by atoms with Gasteiger partial charge in [-0.15, -0.1) is 0 Å². The lowest BCUT2D eigenvalue weighted by atomic mass is 9.75. The predicted molar refractivity (Wildman–Crippen MR) is 243 cm³/mol. The molecule has 0 atom stereocenters. The van der Waals surface area contributed by atoms with E-state index >= 15 is 0 Å². The van der Waals surface area contributed by atoms with E-state index in [2.05, 4.69) is 220 Å². The third kappa shape index (κ3) is 6.03. The highest BCUT2D eigenvalue weighted by Gasteiger charge is 2.37. The Morgan fingerprint density at radius 1 is 0.456 bits per heavy atom. The normalized spacial score (nSPS) is 14.3. The van der Waals surface area contributed by atoms with Gasteiger partial charge in [0.2, 0.25) is 0 Å². The highest BCUT2D eigenvalue weighted by atomic mass is 32.2. The zero-order chi connectivity index (χ0) is 38.7. The zero-order valence-electron chi connectivity index (χ0n) is 32.7. The van der Waals surface area contributed by atoms with E-state index in [0.29, 0.717) is 0 Å². The Labute approximate surface area is 341 Å². The number of anilines is 3. The molecule has 0 aromatic heterocycles. The van der Waals surface area contributed by atoms with Gasteiger partial charge in [-0.05, 0) is 86.7 Å². The van der Waals surface area contributed by atoms with E-state index in [9.17, 15) is 0 Å². The summed E-state index contributed by atoms with van der Waals surface area (Å²) < 4.78 is 6.66. The average Bonchev–Trinajstić information content (AvgIpc) is 3.25. The molecule has 0 saturated heterocycles. The summed E-state index contributed by atoms with van der Waals surface area (Å²) in [4.78, 5) is 5.17. The number of fused-ring (bicyclic) bond motifs is 4. The van der Waals surface area contributed by atoms with Gasteiger partial charge in [0.1, 0.15) is 19.6 Å². The fraction of sp³-hybridized carbons (Fsp3) is 0.0943. The van der Waals surface area contributed by atoms with Gasteiger partial charge in [0.05, 0.1) is 0 Å². The van der Waals surface area contributed by atoms with Crippen molar-refractivity contribution < 1.29 is 4.74 Å². The lowest BCUT2D eigenvalue weighted by Gasteiger charge is -2.35. The first-order valence-electron chi connectivity index (χ1n) is 19.8. The smallest absolute Gasteiger partial charge is 0.139 e. The van der Waals surface area contributed by atoms with E-state index in [0.717, 1.165) is 39.7 Å². The van der Waals surface area contributed by atoms with Gasteiger partial charge in [-0.1, -0.05) is 178 Å². The van der Waals surface area contributed by atoms with Crippen molar-refractivity contribution in [3.8, 4) is 44.9 Å². The molecule has 2 aliphatic heterocycles. The molecular formula is C53H43NOSSi.